The number of carboxylic acid groups (broad SMARTS) is 1. The molecule has 66 valence electrons. The zero-order valence-electron chi connectivity index (χ0n) is 6.38. The monoisotopic (exact) mass is 179 g/mol. The van der Waals surface area contributed by atoms with E-state index in [1.54, 1.807) is 0 Å². The Morgan fingerprint density at radius 3 is 2.73 bits per heavy atom. The van der Waals surface area contributed by atoms with E-state index in [1.807, 2.05) is 0 Å². The first-order valence-corrected chi connectivity index (χ1v) is 3.77. The van der Waals surface area contributed by atoms with Crippen LogP contribution in [0, 0.1) is 0 Å². The van der Waals surface area contributed by atoms with Gasteiger partial charge in [0.2, 0.25) is 0 Å². The molecule has 0 aromatic rings. The van der Waals surface area contributed by atoms with Crippen molar-refractivity contribution < 1.29 is 9.90 Å². The lowest BCUT2D eigenvalue weighted by atomic mass is 10.1. The van der Waals surface area contributed by atoms with Crippen LogP contribution < -0.4 is 5.32 Å². The maximum Gasteiger partial charge on any atom is 0.320 e. The predicted octanol–water partition coefficient (Wildman–Crippen LogP) is 1.02. The van der Waals surface area contributed by atoms with Gasteiger partial charge in [-0.2, -0.15) is 0 Å². The van der Waals surface area contributed by atoms with Crippen LogP contribution in [0.5, 0.6) is 0 Å². The van der Waals surface area contributed by atoms with Gasteiger partial charge in [0.05, 0.1) is 0 Å². The Morgan fingerprint density at radius 1 is 1.36 bits per heavy atom. The maximum absolute atomic E-state index is 10.4. The van der Waals surface area contributed by atoms with Crippen LogP contribution in [0.1, 0.15) is 25.7 Å². The van der Waals surface area contributed by atoms with Crippen LogP contribution in [0.25, 0.3) is 0 Å². The number of halogens is 1. The van der Waals surface area contributed by atoms with E-state index < -0.39 is 5.97 Å². The minimum atomic E-state index is -0.707. The first-order valence-electron chi connectivity index (χ1n) is 3.77. The van der Waals surface area contributed by atoms with Crippen molar-refractivity contribution in [2.24, 2.45) is 0 Å². The van der Waals surface area contributed by atoms with Gasteiger partial charge in [0, 0.05) is 0 Å². The van der Waals surface area contributed by atoms with Crippen molar-refractivity contribution in [1.82, 2.24) is 5.32 Å². The molecule has 1 fully saturated rings. The number of aliphatic carboxylic acids is 1. The van der Waals surface area contributed by atoms with Crippen LogP contribution in [0.4, 0.5) is 0 Å². The van der Waals surface area contributed by atoms with Crippen molar-refractivity contribution >= 4 is 18.4 Å². The molecule has 0 aromatic carbocycles. The molecule has 3 nitrogen and oxygen atoms in total. The average Bonchev–Trinajstić information content (AvgIpc) is 2.12. The van der Waals surface area contributed by atoms with E-state index in [2.05, 4.69) is 5.32 Å². The molecule has 1 atom stereocenters. The number of carboxylic acids is 1. The van der Waals surface area contributed by atoms with E-state index in [0.717, 1.165) is 32.2 Å². The molecule has 1 saturated heterocycles. The van der Waals surface area contributed by atoms with Gasteiger partial charge in [0.15, 0.2) is 0 Å². The van der Waals surface area contributed by atoms with Crippen molar-refractivity contribution in [1.29, 1.82) is 0 Å². The molecule has 0 aromatic heterocycles. The van der Waals surface area contributed by atoms with Crippen molar-refractivity contribution in [3.05, 3.63) is 0 Å². The third kappa shape index (κ3) is 3.58. The van der Waals surface area contributed by atoms with E-state index >= 15 is 0 Å². The van der Waals surface area contributed by atoms with Gasteiger partial charge >= 0.3 is 5.97 Å². The summed E-state index contributed by atoms with van der Waals surface area (Å²) in [6.45, 7) is 0.858. The summed E-state index contributed by atoms with van der Waals surface area (Å²) in [7, 11) is 0. The average molecular weight is 180 g/mol. The van der Waals surface area contributed by atoms with Gasteiger partial charge in [0.1, 0.15) is 6.04 Å². The molecule has 1 aliphatic rings. The molecule has 0 unspecified atom stereocenters. The summed E-state index contributed by atoms with van der Waals surface area (Å²) in [4.78, 5) is 10.4. The fourth-order valence-electron chi connectivity index (χ4n) is 1.24. The van der Waals surface area contributed by atoms with Crippen molar-refractivity contribution in [2.75, 3.05) is 6.54 Å². The highest BCUT2D eigenvalue weighted by atomic mass is 35.5. The van der Waals surface area contributed by atoms with Crippen LogP contribution >= 0.6 is 12.4 Å². The topological polar surface area (TPSA) is 49.3 Å². The van der Waals surface area contributed by atoms with Gasteiger partial charge in [-0.05, 0) is 19.4 Å². The molecule has 0 amide bonds. The van der Waals surface area contributed by atoms with E-state index in [0.29, 0.717) is 0 Å². The van der Waals surface area contributed by atoms with Crippen molar-refractivity contribution in [2.45, 2.75) is 31.7 Å². The fraction of sp³-hybridized carbons (Fsp3) is 0.857. The molecule has 1 heterocycles. The molecular weight excluding hydrogens is 166 g/mol. The standard InChI is InChI=1S/C7H13NO2.ClH/c9-7(10)6-4-2-1-3-5-8-6;/h6,8H,1-5H2,(H,9,10);1H/t6-;/m0./s1. The first-order chi connectivity index (χ1) is 4.80. The Bertz CT molecular complexity index is 122. The molecule has 1 rings (SSSR count). The molecular formula is C7H14ClNO2. The molecule has 0 bridgehead atoms. The summed E-state index contributed by atoms with van der Waals surface area (Å²) >= 11 is 0. The zero-order chi connectivity index (χ0) is 7.40. The highest BCUT2D eigenvalue weighted by molar-refractivity contribution is 5.85. The fourth-order valence-corrected chi connectivity index (χ4v) is 1.24. The molecule has 0 aliphatic carbocycles. The summed E-state index contributed by atoms with van der Waals surface area (Å²) in [5, 5.41) is 11.6. The minimum Gasteiger partial charge on any atom is -0.480 e. The highest BCUT2D eigenvalue weighted by Gasteiger charge is 2.17. The Labute approximate surface area is 72.6 Å². The van der Waals surface area contributed by atoms with Gasteiger partial charge in [0.25, 0.3) is 0 Å². The van der Waals surface area contributed by atoms with Gasteiger partial charge in [-0.25, -0.2) is 0 Å². The Hall–Kier alpha value is -0.280. The van der Waals surface area contributed by atoms with Crippen LogP contribution in [-0.4, -0.2) is 23.7 Å². The predicted molar refractivity (Wildman–Crippen MR) is 45.1 cm³/mol. The summed E-state index contributed by atoms with van der Waals surface area (Å²) in [6.07, 6.45) is 4.11. The second-order valence-corrected chi connectivity index (χ2v) is 2.69. The quantitative estimate of drug-likeness (QED) is 0.632. The van der Waals surface area contributed by atoms with Crippen LogP contribution in [0.15, 0.2) is 0 Å². The minimum absolute atomic E-state index is 0. The van der Waals surface area contributed by atoms with E-state index in [-0.39, 0.29) is 18.4 Å². The summed E-state index contributed by atoms with van der Waals surface area (Å²) < 4.78 is 0. The second-order valence-electron chi connectivity index (χ2n) is 2.69. The van der Waals surface area contributed by atoms with E-state index in [1.165, 1.54) is 0 Å². The van der Waals surface area contributed by atoms with Gasteiger partial charge in [-0.3, -0.25) is 4.79 Å². The van der Waals surface area contributed by atoms with Crippen LogP contribution in [-0.2, 0) is 4.79 Å². The SMILES string of the molecule is Cl.O=C(O)[C@@H]1CCCCCN1. The molecule has 2 N–H and O–H groups in total. The number of hydrogen-bond donors (Lipinski definition) is 2. The largest absolute Gasteiger partial charge is 0.480 e. The lowest BCUT2D eigenvalue weighted by Gasteiger charge is -2.08. The summed E-state index contributed by atoms with van der Waals surface area (Å²) in [6, 6.07) is -0.289. The van der Waals surface area contributed by atoms with Gasteiger partial charge in [-0.1, -0.05) is 12.8 Å². The highest BCUT2D eigenvalue weighted by Crippen LogP contribution is 2.07. The number of carbonyl (C=O) groups is 1. The van der Waals surface area contributed by atoms with Gasteiger partial charge in [-0.15, -0.1) is 12.4 Å². The number of hydrogen-bond acceptors (Lipinski definition) is 2. The number of rotatable bonds is 1. The van der Waals surface area contributed by atoms with Crippen LogP contribution in [0.2, 0.25) is 0 Å². The third-order valence-electron chi connectivity index (χ3n) is 1.86. The lowest BCUT2D eigenvalue weighted by molar-refractivity contribution is -0.139. The zero-order valence-corrected chi connectivity index (χ0v) is 7.19. The van der Waals surface area contributed by atoms with Crippen LogP contribution in [0.3, 0.4) is 0 Å². The smallest absolute Gasteiger partial charge is 0.320 e. The summed E-state index contributed by atoms with van der Waals surface area (Å²) in [5.41, 5.74) is 0. The third-order valence-corrected chi connectivity index (χ3v) is 1.86. The van der Waals surface area contributed by atoms with Crippen molar-refractivity contribution in [3.8, 4) is 0 Å². The molecule has 0 radical (unpaired) electrons. The van der Waals surface area contributed by atoms with Gasteiger partial charge < -0.3 is 10.4 Å². The van der Waals surface area contributed by atoms with E-state index in [4.69, 9.17) is 5.11 Å². The first kappa shape index (κ1) is 10.7. The number of nitrogens with one attached hydrogen (secondary N) is 1. The van der Waals surface area contributed by atoms with E-state index in [9.17, 15) is 4.79 Å². The normalized spacial score (nSPS) is 24.9. The summed E-state index contributed by atoms with van der Waals surface area (Å²) in [5.74, 6) is -0.707. The Morgan fingerprint density at radius 2 is 2.09 bits per heavy atom. The second kappa shape index (κ2) is 5.38. The molecule has 11 heavy (non-hydrogen) atoms. The molecule has 0 spiro atoms. The Kier molecular flexibility index (Phi) is 5.24. The Balaban J connectivity index is 0.000001000. The molecule has 0 saturated carbocycles. The van der Waals surface area contributed by atoms with Crippen molar-refractivity contribution in [3.63, 3.8) is 0 Å². The maximum atomic E-state index is 10.4. The molecule has 4 heteroatoms. The molecule has 1 aliphatic heterocycles. The lowest BCUT2D eigenvalue weighted by Crippen LogP contribution is -2.35.